The Balaban J connectivity index is 2.14. The summed E-state index contributed by atoms with van der Waals surface area (Å²) in [6.07, 6.45) is 6.62. The van der Waals surface area contributed by atoms with Crippen molar-refractivity contribution in [2.24, 2.45) is 0 Å². The molecule has 0 saturated carbocycles. The molecule has 1 fully saturated rings. The first kappa shape index (κ1) is 13.8. The number of rotatable bonds is 4. The number of anilines is 1. The van der Waals surface area contributed by atoms with E-state index in [1.165, 1.54) is 49.5 Å². The molecule has 0 aliphatic carbocycles. The zero-order valence-electron chi connectivity index (χ0n) is 11.8. The topological polar surface area (TPSA) is 28.2 Å². The van der Waals surface area contributed by atoms with Crippen LogP contribution in [0.4, 0.5) is 5.13 Å². The summed E-state index contributed by atoms with van der Waals surface area (Å²) < 4.78 is 0. The van der Waals surface area contributed by atoms with Gasteiger partial charge in [0.1, 0.15) is 0 Å². The summed E-state index contributed by atoms with van der Waals surface area (Å²) in [5.74, 6) is 0. The van der Waals surface area contributed by atoms with E-state index >= 15 is 0 Å². The van der Waals surface area contributed by atoms with Crippen molar-refractivity contribution in [2.45, 2.75) is 58.0 Å². The molecule has 0 radical (unpaired) electrons. The fourth-order valence-corrected chi connectivity index (χ4v) is 3.63. The fourth-order valence-electron chi connectivity index (χ4n) is 2.61. The molecule has 2 rings (SSSR count). The Morgan fingerprint density at radius 3 is 3.06 bits per heavy atom. The van der Waals surface area contributed by atoms with Gasteiger partial charge in [-0.25, -0.2) is 4.98 Å². The first-order valence-corrected chi connectivity index (χ1v) is 8.03. The lowest BCUT2D eigenvalue weighted by Gasteiger charge is -2.28. The van der Waals surface area contributed by atoms with Gasteiger partial charge in [0.2, 0.25) is 0 Å². The van der Waals surface area contributed by atoms with Crippen molar-refractivity contribution in [3.05, 3.63) is 11.1 Å². The number of aromatic nitrogens is 1. The number of hydrogen-bond donors (Lipinski definition) is 1. The van der Waals surface area contributed by atoms with E-state index in [0.717, 1.165) is 0 Å². The number of nitrogens with zero attached hydrogens (tertiary/aromatic N) is 2. The predicted octanol–water partition coefficient (Wildman–Crippen LogP) is 3.58. The smallest absolute Gasteiger partial charge is 0.185 e. The Hall–Kier alpha value is -0.610. The number of nitrogens with one attached hydrogen (secondary N) is 1. The maximum Gasteiger partial charge on any atom is 0.185 e. The highest BCUT2D eigenvalue weighted by Gasteiger charge is 2.22. The lowest BCUT2D eigenvalue weighted by molar-refractivity contribution is 0.553. The van der Waals surface area contributed by atoms with Crippen LogP contribution in [0.2, 0.25) is 0 Å². The van der Waals surface area contributed by atoms with Gasteiger partial charge < -0.3 is 10.2 Å². The summed E-state index contributed by atoms with van der Waals surface area (Å²) in [4.78, 5) is 7.37. The number of hydrogen-bond acceptors (Lipinski definition) is 4. The third kappa shape index (κ3) is 3.04. The molecular formula is C14H25N3S. The van der Waals surface area contributed by atoms with Gasteiger partial charge in [-0.15, -0.1) is 11.3 Å². The summed E-state index contributed by atoms with van der Waals surface area (Å²) in [5.41, 5.74) is 1.18. The van der Waals surface area contributed by atoms with Crippen LogP contribution in [0, 0.1) is 0 Å². The molecule has 0 amide bonds. The normalized spacial score (nSPS) is 22.8. The van der Waals surface area contributed by atoms with E-state index in [9.17, 15) is 0 Å². The summed E-state index contributed by atoms with van der Waals surface area (Å²) in [5, 5.41) is 6.69. The van der Waals surface area contributed by atoms with Crippen molar-refractivity contribution in [1.29, 1.82) is 0 Å². The molecule has 0 bridgehead atoms. The highest BCUT2D eigenvalue weighted by Crippen LogP contribution is 2.30. The van der Waals surface area contributed by atoms with Crippen LogP contribution in [0.5, 0.6) is 0 Å². The molecule has 1 aliphatic rings. The van der Waals surface area contributed by atoms with Crippen LogP contribution in [-0.2, 0) is 0 Å². The van der Waals surface area contributed by atoms with Gasteiger partial charge in [0.15, 0.2) is 5.13 Å². The third-order valence-corrected chi connectivity index (χ3v) is 4.88. The molecule has 2 unspecified atom stereocenters. The van der Waals surface area contributed by atoms with Crippen LogP contribution in [0.1, 0.15) is 57.7 Å². The largest absolute Gasteiger partial charge is 0.345 e. The van der Waals surface area contributed by atoms with Gasteiger partial charge >= 0.3 is 0 Å². The SMILES string of the molecule is CCC1CCCCCN1c1nc(C(C)NC)cs1. The molecule has 1 aromatic heterocycles. The molecule has 2 heterocycles. The van der Waals surface area contributed by atoms with Gasteiger partial charge in [-0.1, -0.05) is 19.8 Å². The molecule has 0 spiro atoms. The molecule has 1 aromatic rings. The molecular weight excluding hydrogens is 242 g/mol. The first-order valence-electron chi connectivity index (χ1n) is 7.15. The van der Waals surface area contributed by atoms with E-state index in [1.54, 1.807) is 11.3 Å². The van der Waals surface area contributed by atoms with Crippen LogP contribution in [0.25, 0.3) is 0 Å². The number of thiazole rings is 1. The average Bonchev–Trinajstić information content (AvgIpc) is 2.76. The van der Waals surface area contributed by atoms with E-state index < -0.39 is 0 Å². The van der Waals surface area contributed by atoms with Gasteiger partial charge in [0.05, 0.1) is 5.69 Å². The predicted molar refractivity (Wildman–Crippen MR) is 79.5 cm³/mol. The summed E-state index contributed by atoms with van der Waals surface area (Å²) >= 11 is 1.80. The molecule has 4 heteroatoms. The molecule has 1 aliphatic heterocycles. The van der Waals surface area contributed by atoms with Gasteiger partial charge in [-0.3, -0.25) is 0 Å². The lowest BCUT2D eigenvalue weighted by atomic mass is 10.1. The maximum atomic E-state index is 4.83. The van der Waals surface area contributed by atoms with Gasteiger partial charge in [0, 0.05) is 24.0 Å². The zero-order valence-corrected chi connectivity index (χ0v) is 12.6. The van der Waals surface area contributed by atoms with Gasteiger partial charge in [-0.2, -0.15) is 0 Å². The molecule has 102 valence electrons. The van der Waals surface area contributed by atoms with E-state index in [1.807, 2.05) is 7.05 Å². The quantitative estimate of drug-likeness (QED) is 0.903. The molecule has 2 atom stereocenters. The minimum Gasteiger partial charge on any atom is -0.345 e. The molecule has 18 heavy (non-hydrogen) atoms. The Kier molecular flexibility index (Phi) is 5.01. The lowest BCUT2D eigenvalue weighted by Crippen LogP contribution is -2.34. The van der Waals surface area contributed by atoms with Gasteiger partial charge in [0.25, 0.3) is 0 Å². The second-order valence-corrected chi connectivity index (χ2v) is 6.01. The van der Waals surface area contributed by atoms with Crippen LogP contribution in [0.3, 0.4) is 0 Å². The van der Waals surface area contributed by atoms with Crippen LogP contribution in [-0.4, -0.2) is 24.6 Å². The maximum absolute atomic E-state index is 4.83. The van der Waals surface area contributed by atoms with Crippen molar-refractivity contribution in [1.82, 2.24) is 10.3 Å². The van der Waals surface area contributed by atoms with Crippen molar-refractivity contribution >= 4 is 16.5 Å². The van der Waals surface area contributed by atoms with E-state index in [0.29, 0.717) is 12.1 Å². The minimum absolute atomic E-state index is 0.349. The molecule has 1 N–H and O–H groups in total. The third-order valence-electron chi connectivity index (χ3n) is 3.98. The Bertz CT molecular complexity index is 364. The van der Waals surface area contributed by atoms with Crippen molar-refractivity contribution in [2.75, 3.05) is 18.5 Å². The first-order chi connectivity index (χ1) is 8.76. The molecule has 1 saturated heterocycles. The monoisotopic (exact) mass is 267 g/mol. The Morgan fingerprint density at radius 2 is 2.33 bits per heavy atom. The van der Waals surface area contributed by atoms with E-state index in [-0.39, 0.29) is 0 Å². The van der Waals surface area contributed by atoms with Crippen LogP contribution < -0.4 is 10.2 Å². The van der Waals surface area contributed by atoms with Crippen molar-refractivity contribution < 1.29 is 0 Å². The zero-order chi connectivity index (χ0) is 13.0. The van der Waals surface area contributed by atoms with E-state index in [2.05, 4.69) is 29.4 Å². The van der Waals surface area contributed by atoms with Crippen molar-refractivity contribution in [3.63, 3.8) is 0 Å². The molecule has 3 nitrogen and oxygen atoms in total. The Morgan fingerprint density at radius 1 is 1.50 bits per heavy atom. The van der Waals surface area contributed by atoms with Crippen LogP contribution >= 0.6 is 11.3 Å². The fraction of sp³-hybridized carbons (Fsp3) is 0.786. The second kappa shape index (κ2) is 6.53. The van der Waals surface area contributed by atoms with Gasteiger partial charge in [-0.05, 0) is 33.2 Å². The standard InChI is InChI=1S/C14H25N3S/c1-4-12-8-6-5-7-9-17(12)14-16-13(10-18-14)11(2)15-3/h10-12,15H,4-9H2,1-3H3. The summed E-state index contributed by atoms with van der Waals surface area (Å²) in [6.45, 7) is 5.64. The highest BCUT2D eigenvalue weighted by atomic mass is 32.1. The van der Waals surface area contributed by atoms with Crippen molar-refractivity contribution in [3.8, 4) is 0 Å². The summed E-state index contributed by atoms with van der Waals surface area (Å²) in [6, 6.07) is 1.04. The highest BCUT2D eigenvalue weighted by molar-refractivity contribution is 7.13. The Labute approximate surface area is 115 Å². The second-order valence-electron chi connectivity index (χ2n) is 5.17. The average molecular weight is 267 g/mol. The van der Waals surface area contributed by atoms with Crippen LogP contribution in [0.15, 0.2) is 5.38 Å². The molecule has 0 aromatic carbocycles. The minimum atomic E-state index is 0.349. The van der Waals surface area contributed by atoms with E-state index in [4.69, 9.17) is 4.98 Å². The summed E-state index contributed by atoms with van der Waals surface area (Å²) in [7, 11) is 1.99.